The second kappa shape index (κ2) is 8.71. The number of benzene rings is 2. The second-order valence-corrected chi connectivity index (χ2v) is 8.53. The molecule has 0 saturated heterocycles. The van der Waals surface area contributed by atoms with Gasteiger partial charge in [0.05, 0.1) is 11.0 Å². The highest BCUT2D eigenvalue weighted by Crippen LogP contribution is 2.25. The minimum atomic E-state index is -0.173. The Morgan fingerprint density at radius 3 is 2.57 bits per heavy atom. The molecule has 1 aromatic heterocycles. The first-order valence-corrected chi connectivity index (χ1v) is 10.9. The molecule has 1 aliphatic heterocycles. The van der Waals surface area contributed by atoms with Crippen LogP contribution in [0, 0.1) is 0 Å². The lowest BCUT2D eigenvalue weighted by Crippen LogP contribution is -2.35. The Kier molecular flexibility index (Phi) is 5.86. The molecule has 4 rings (SSSR count). The number of rotatable bonds is 5. The molecular weight excluding hydrogens is 396 g/mol. The number of ether oxygens (including phenoxy) is 1. The highest BCUT2D eigenvalue weighted by molar-refractivity contribution is 7.12. The van der Waals surface area contributed by atoms with Gasteiger partial charge in [0, 0.05) is 24.3 Å². The highest BCUT2D eigenvalue weighted by Gasteiger charge is 2.22. The van der Waals surface area contributed by atoms with E-state index in [1.54, 1.807) is 24.3 Å². The summed E-state index contributed by atoms with van der Waals surface area (Å²) in [5.74, 6) is 0.632. The minimum absolute atomic E-state index is 0.0637. The van der Waals surface area contributed by atoms with Crippen LogP contribution in [-0.4, -0.2) is 29.4 Å². The zero-order valence-corrected chi connectivity index (χ0v) is 17.9. The molecule has 0 bridgehead atoms. The molecule has 3 aromatic rings. The summed E-state index contributed by atoms with van der Waals surface area (Å²) in [6.07, 6.45) is 0.907. The lowest BCUT2D eigenvalue weighted by atomic mass is 9.98. The molecule has 0 radical (unpaired) electrons. The maximum Gasteiger partial charge on any atom is 0.264 e. The van der Waals surface area contributed by atoms with Crippen molar-refractivity contribution in [3.05, 3.63) is 81.5 Å². The van der Waals surface area contributed by atoms with Crippen LogP contribution in [0.1, 0.15) is 45.0 Å². The van der Waals surface area contributed by atoms with Gasteiger partial charge >= 0.3 is 0 Å². The van der Waals surface area contributed by atoms with E-state index in [2.05, 4.69) is 5.32 Å². The van der Waals surface area contributed by atoms with Gasteiger partial charge in [-0.3, -0.25) is 9.59 Å². The number of hydrogen-bond acceptors (Lipinski definition) is 4. The van der Waals surface area contributed by atoms with Crippen molar-refractivity contribution < 1.29 is 14.3 Å². The van der Waals surface area contributed by atoms with Crippen molar-refractivity contribution in [2.24, 2.45) is 0 Å². The first kappa shape index (κ1) is 20.2. The molecule has 154 valence electrons. The average molecular weight is 421 g/mol. The van der Waals surface area contributed by atoms with Gasteiger partial charge < -0.3 is 15.0 Å². The van der Waals surface area contributed by atoms with Crippen molar-refractivity contribution in [2.75, 3.05) is 11.9 Å². The zero-order valence-electron chi connectivity index (χ0n) is 17.1. The van der Waals surface area contributed by atoms with E-state index < -0.39 is 0 Å². The Hall–Kier alpha value is -3.12. The van der Waals surface area contributed by atoms with Gasteiger partial charge in [0.15, 0.2) is 0 Å². The molecule has 2 amide bonds. The Balaban J connectivity index is 1.44. The third-order valence-electron chi connectivity index (χ3n) is 4.98. The molecule has 0 saturated carbocycles. The molecule has 30 heavy (non-hydrogen) atoms. The lowest BCUT2D eigenvalue weighted by Gasteiger charge is -2.29. The third-order valence-corrected chi connectivity index (χ3v) is 5.84. The molecule has 6 heteroatoms. The van der Waals surface area contributed by atoms with Crippen molar-refractivity contribution in [1.82, 2.24) is 4.90 Å². The van der Waals surface area contributed by atoms with Crippen LogP contribution in [0.3, 0.4) is 0 Å². The van der Waals surface area contributed by atoms with E-state index in [1.165, 1.54) is 16.9 Å². The maximum atomic E-state index is 12.7. The third kappa shape index (κ3) is 4.54. The fourth-order valence-corrected chi connectivity index (χ4v) is 4.22. The van der Waals surface area contributed by atoms with Gasteiger partial charge in [0.2, 0.25) is 0 Å². The van der Waals surface area contributed by atoms with Crippen LogP contribution >= 0.6 is 11.3 Å². The maximum absolute atomic E-state index is 12.7. The van der Waals surface area contributed by atoms with Crippen molar-refractivity contribution in [1.29, 1.82) is 0 Å². The summed E-state index contributed by atoms with van der Waals surface area (Å²) in [7, 11) is 0. The molecule has 0 spiro atoms. The smallest absolute Gasteiger partial charge is 0.264 e. The van der Waals surface area contributed by atoms with E-state index in [0.29, 0.717) is 18.7 Å². The molecular formula is C24H24N2O3S. The topological polar surface area (TPSA) is 58.6 Å². The largest absolute Gasteiger partial charge is 0.491 e. The molecule has 0 aliphatic carbocycles. The number of amides is 2. The summed E-state index contributed by atoms with van der Waals surface area (Å²) >= 11 is 1.46. The number of nitrogens with zero attached hydrogens (tertiary/aromatic N) is 1. The Morgan fingerprint density at radius 2 is 1.87 bits per heavy atom. The first-order valence-electron chi connectivity index (χ1n) is 10.0. The standard InChI is InChI=1S/C24H24N2O3S/c1-16(2)29-21-9-6-18(7-10-21)23(27)25-20-8-5-17-11-12-26(15-19(17)14-20)24(28)22-4-3-13-30-22/h3-10,13-14,16H,11-12,15H2,1-2H3,(H,25,27). The summed E-state index contributed by atoms with van der Waals surface area (Å²) < 4.78 is 5.62. The van der Waals surface area contributed by atoms with E-state index in [9.17, 15) is 9.59 Å². The average Bonchev–Trinajstić information content (AvgIpc) is 3.27. The fourth-order valence-electron chi connectivity index (χ4n) is 3.52. The fraction of sp³-hybridized carbons (Fsp3) is 0.250. The second-order valence-electron chi connectivity index (χ2n) is 7.58. The van der Waals surface area contributed by atoms with E-state index in [1.807, 2.05) is 54.5 Å². The summed E-state index contributed by atoms with van der Waals surface area (Å²) in [6, 6.07) is 16.8. The number of carbonyl (C=O) groups is 2. The van der Waals surface area contributed by atoms with E-state index in [4.69, 9.17) is 4.74 Å². The zero-order chi connectivity index (χ0) is 21.1. The van der Waals surface area contributed by atoms with Crippen LogP contribution < -0.4 is 10.1 Å². The lowest BCUT2D eigenvalue weighted by molar-refractivity contribution is 0.0739. The molecule has 2 heterocycles. The van der Waals surface area contributed by atoms with Crippen LogP contribution in [0.15, 0.2) is 60.0 Å². The van der Waals surface area contributed by atoms with Crippen LogP contribution in [0.2, 0.25) is 0 Å². The Morgan fingerprint density at radius 1 is 1.07 bits per heavy atom. The monoisotopic (exact) mass is 420 g/mol. The predicted octanol–water partition coefficient (Wildman–Crippen LogP) is 4.99. The van der Waals surface area contributed by atoms with E-state index in [-0.39, 0.29) is 17.9 Å². The molecule has 2 aromatic carbocycles. The molecule has 5 nitrogen and oxygen atoms in total. The molecule has 1 N–H and O–H groups in total. The number of anilines is 1. The molecule has 1 aliphatic rings. The van der Waals surface area contributed by atoms with Crippen molar-refractivity contribution in [2.45, 2.75) is 32.9 Å². The van der Waals surface area contributed by atoms with Crippen molar-refractivity contribution in [3.8, 4) is 5.75 Å². The van der Waals surface area contributed by atoms with Crippen LogP contribution in [-0.2, 0) is 13.0 Å². The van der Waals surface area contributed by atoms with Gasteiger partial charge in [0.25, 0.3) is 11.8 Å². The molecule has 0 atom stereocenters. The quantitative estimate of drug-likeness (QED) is 0.633. The molecule has 0 unspecified atom stereocenters. The van der Waals surface area contributed by atoms with Gasteiger partial charge in [-0.2, -0.15) is 0 Å². The van der Waals surface area contributed by atoms with Crippen molar-refractivity contribution >= 4 is 28.8 Å². The summed E-state index contributed by atoms with van der Waals surface area (Å²) in [5.41, 5.74) is 3.59. The number of thiophene rings is 1. The number of nitrogens with one attached hydrogen (secondary N) is 1. The van der Waals surface area contributed by atoms with Gasteiger partial charge in [0.1, 0.15) is 5.75 Å². The number of carbonyl (C=O) groups excluding carboxylic acids is 2. The summed E-state index contributed by atoms with van der Waals surface area (Å²) in [5, 5.41) is 4.88. The predicted molar refractivity (Wildman–Crippen MR) is 119 cm³/mol. The van der Waals surface area contributed by atoms with E-state index >= 15 is 0 Å². The summed E-state index contributed by atoms with van der Waals surface area (Å²) in [4.78, 5) is 27.9. The van der Waals surface area contributed by atoms with Gasteiger partial charge in [-0.25, -0.2) is 0 Å². The SMILES string of the molecule is CC(C)Oc1ccc(C(=O)Nc2ccc3c(c2)CN(C(=O)c2cccs2)CC3)cc1. The molecule has 0 fully saturated rings. The number of hydrogen-bond donors (Lipinski definition) is 1. The van der Waals surface area contributed by atoms with Gasteiger partial charge in [-0.15, -0.1) is 11.3 Å². The van der Waals surface area contributed by atoms with Gasteiger partial charge in [-0.05, 0) is 79.2 Å². The van der Waals surface area contributed by atoms with E-state index in [0.717, 1.165) is 28.3 Å². The van der Waals surface area contributed by atoms with Crippen LogP contribution in [0.5, 0.6) is 5.75 Å². The first-order chi connectivity index (χ1) is 14.5. The normalized spacial score (nSPS) is 13.1. The summed E-state index contributed by atoms with van der Waals surface area (Å²) in [6.45, 7) is 5.19. The number of fused-ring (bicyclic) bond motifs is 1. The Labute approximate surface area is 180 Å². The van der Waals surface area contributed by atoms with Crippen molar-refractivity contribution in [3.63, 3.8) is 0 Å². The Bertz CT molecular complexity index is 1040. The van der Waals surface area contributed by atoms with Crippen LogP contribution in [0.25, 0.3) is 0 Å². The van der Waals surface area contributed by atoms with Gasteiger partial charge in [-0.1, -0.05) is 12.1 Å². The minimum Gasteiger partial charge on any atom is -0.491 e. The van der Waals surface area contributed by atoms with Crippen LogP contribution in [0.4, 0.5) is 5.69 Å². The highest BCUT2D eigenvalue weighted by atomic mass is 32.1.